The summed E-state index contributed by atoms with van der Waals surface area (Å²) in [6.45, 7) is 12.7. The minimum atomic E-state index is -0.334. The summed E-state index contributed by atoms with van der Waals surface area (Å²) in [5.74, 6) is -0.668. The smallest absolute Gasteiger partial charge is 0.338 e. The highest BCUT2D eigenvalue weighted by Gasteiger charge is 2.56. The molecule has 168 valence electrons. The average Bonchev–Trinajstić information content (AvgIpc) is 2.76. The van der Waals surface area contributed by atoms with E-state index in [0.717, 1.165) is 22.8 Å². The molecule has 0 aliphatic heterocycles. The van der Waals surface area contributed by atoms with E-state index in [1.807, 2.05) is 24.3 Å². The molecule has 3 rings (SSSR count). The first-order valence-electron chi connectivity index (χ1n) is 10.8. The molecule has 0 atom stereocenters. The van der Waals surface area contributed by atoms with Crippen molar-refractivity contribution in [1.82, 2.24) is 0 Å². The molecule has 2 aromatic carbocycles. The Morgan fingerprint density at radius 3 is 1.25 bits per heavy atom. The van der Waals surface area contributed by atoms with Crippen molar-refractivity contribution in [3.8, 4) is 0 Å². The number of aliphatic imine (C=N–C) groups is 2. The van der Waals surface area contributed by atoms with E-state index in [1.165, 1.54) is 0 Å². The number of nitrogens with zero attached hydrogens (tertiary/aromatic N) is 2. The molecule has 0 bridgehead atoms. The average molecular weight is 435 g/mol. The summed E-state index contributed by atoms with van der Waals surface area (Å²) in [4.78, 5) is 33.5. The van der Waals surface area contributed by atoms with Gasteiger partial charge >= 0.3 is 11.9 Å². The van der Waals surface area contributed by atoms with Crippen LogP contribution in [0.2, 0.25) is 0 Å². The fourth-order valence-electron chi connectivity index (χ4n) is 4.31. The highest BCUT2D eigenvalue weighted by Crippen LogP contribution is 2.50. The van der Waals surface area contributed by atoms with Crippen LogP contribution in [0.5, 0.6) is 0 Å². The van der Waals surface area contributed by atoms with Crippen LogP contribution in [0, 0.1) is 10.8 Å². The second-order valence-electron chi connectivity index (χ2n) is 8.71. The summed E-state index contributed by atoms with van der Waals surface area (Å²) >= 11 is 0. The van der Waals surface area contributed by atoms with Gasteiger partial charge in [-0.3, -0.25) is 9.98 Å². The normalized spacial score (nSPS) is 16.1. The first kappa shape index (κ1) is 23.4. The van der Waals surface area contributed by atoms with Crippen LogP contribution in [0.15, 0.2) is 58.5 Å². The summed E-state index contributed by atoms with van der Waals surface area (Å²) in [6, 6.07) is 14.2. The van der Waals surface area contributed by atoms with Crippen LogP contribution in [0.1, 0.15) is 62.3 Å². The lowest BCUT2D eigenvalue weighted by atomic mass is 9.52. The van der Waals surface area contributed by atoms with Gasteiger partial charge in [0, 0.05) is 22.3 Å². The van der Waals surface area contributed by atoms with Crippen molar-refractivity contribution in [2.75, 3.05) is 13.2 Å². The Morgan fingerprint density at radius 1 is 0.656 bits per heavy atom. The molecule has 0 N–H and O–H groups in total. The first-order valence-corrected chi connectivity index (χ1v) is 10.8. The van der Waals surface area contributed by atoms with Gasteiger partial charge in [0.1, 0.15) is 0 Å². The predicted octanol–water partition coefficient (Wildman–Crippen LogP) is 5.95. The molecule has 0 spiro atoms. The van der Waals surface area contributed by atoms with E-state index in [1.54, 1.807) is 38.1 Å². The molecule has 0 unspecified atom stereocenters. The molecule has 0 radical (unpaired) electrons. The lowest BCUT2D eigenvalue weighted by Crippen LogP contribution is -2.61. The van der Waals surface area contributed by atoms with Gasteiger partial charge in [-0.05, 0) is 90.1 Å². The second-order valence-corrected chi connectivity index (χ2v) is 8.71. The summed E-state index contributed by atoms with van der Waals surface area (Å²) in [7, 11) is 0. The van der Waals surface area contributed by atoms with Gasteiger partial charge in [0.2, 0.25) is 0 Å². The van der Waals surface area contributed by atoms with Gasteiger partial charge < -0.3 is 9.47 Å². The monoisotopic (exact) mass is 434 g/mol. The highest BCUT2D eigenvalue weighted by atomic mass is 16.5. The van der Waals surface area contributed by atoms with Crippen LogP contribution in [0.25, 0.3) is 0 Å². The van der Waals surface area contributed by atoms with Crippen LogP contribution in [-0.4, -0.2) is 36.6 Å². The summed E-state index contributed by atoms with van der Waals surface area (Å²) < 4.78 is 10.1. The van der Waals surface area contributed by atoms with Gasteiger partial charge in [-0.25, -0.2) is 9.59 Å². The third-order valence-electron chi connectivity index (χ3n) is 5.61. The van der Waals surface area contributed by atoms with Gasteiger partial charge in [-0.15, -0.1) is 0 Å². The summed E-state index contributed by atoms with van der Waals surface area (Å²) in [6.07, 6.45) is 0. The lowest BCUT2D eigenvalue weighted by Gasteiger charge is -2.52. The zero-order valence-electron chi connectivity index (χ0n) is 19.6. The molecule has 0 heterocycles. The Kier molecular flexibility index (Phi) is 6.63. The molecule has 32 heavy (non-hydrogen) atoms. The molecule has 1 saturated carbocycles. The molecule has 1 aliphatic carbocycles. The third kappa shape index (κ3) is 4.49. The van der Waals surface area contributed by atoms with Crippen molar-refractivity contribution in [2.24, 2.45) is 20.8 Å². The topological polar surface area (TPSA) is 77.3 Å². The zero-order chi connectivity index (χ0) is 23.5. The Labute approximate surface area is 189 Å². The van der Waals surface area contributed by atoms with Crippen LogP contribution in [0.4, 0.5) is 11.4 Å². The molecule has 0 saturated heterocycles. The van der Waals surface area contributed by atoms with E-state index in [9.17, 15) is 9.59 Å². The van der Waals surface area contributed by atoms with E-state index in [0.29, 0.717) is 24.3 Å². The fraction of sp³-hybridized carbons (Fsp3) is 0.385. The standard InChI is InChI=1S/C26H30N2O4/c1-7-31-21(29)17-9-13-19(14-10-17)27-23-25(3,4)24(26(23,5)6)28-20-15-11-18(12-16-20)22(30)32-8-2/h9-16H,7-8H2,1-6H3. The Morgan fingerprint density at radius 2 is 0.969 bits per heavy atom. The van der Waals surface area contributed by atoms with Crippen LogP contribution < -0.4 is 0 Å². The van der Waals surface area contributed by atoms with Crippen molar-refractivity contribution in [3.05, 3.63) is 59.7 Å². The number of ether oxygens (including phenoxy) is 2. The second kappa shape index (κ2) is 9.07. The van der Waals surface area contributed by atoms with Gasteiger partial charge in [0.05, 0.1) is 35.7 Å². The van der Waals surface area contributed by atoms with Gasteiger partial charge in [0.15, 0.2) is 0 Å². The molecule has 0 amide bonds. The van der Waals surface area contributed by atoms with Crippen molar-refractivity contribution in [2.45, 2.75) is 41.5 Å². The highest BCUT2D eigenvalue weighted by molar-refractivity contribution is 6.34. The number of esters is 2. The quantitative estimate of drug-likeness (QED) is 0.526. The van der Waals surface area contributed by atoms with Crippen molar-refractivity contribution in [1.29, 1.82) is 0 Å². The first-order chi connectivity index (χ1) is 15.1. The Hall–Kier alpha value is -3.28. The van der Waals surface area contributed by atoms with Crippen LogP contribution in [-0.2, 0) is 9.47 Å². The van der Waals surface area contributed by atoms with Gasteiger partial charge in [-0.1, -0.05) is 0 Å². The van der Waals surface area contributed by atoms with Crippen molar-refractivity contribution in [3.63, 3.8) is 0 Å². The van der Waals surface area contributed by atoms with Crippen LogP contribution in [0.3, 0.4) is 0 Å². The molecule has 6 nitrogen and oxygen atoms in total. The Bertz CT molecular complexity index is 959. The number of rotatable bonds is 6. The fourth-order valence-corrected chi connectivity index (χ4v) is 4.31. The van der Waals surface area contributed by atoms with Crippen LogP contribution >= 0.6 is 0 Å². The van der Waals surface area contributed by atoms with Gasteiger partial charge in [0.25, 0.3) is 0 Å². The minimum absolute atomic E-state index is 0.316. The van der Waals surface area contributed by atoms with Crippen molar-refractivity contribution >= 4 is 34.7 Å². The predicted molar refractivity (Wildman–Crippen MR) is 127 cm³/mol. The third-order valence-corrected chi connectivity index (χ3v) is 5.61. The van der Waals surface area contributed by atoms with E-state index in [-0.39, 0.29) is 22.8 Å². The molecule has 2 aromatic rings. The van der Waals surface area contributed by atoms with Crippen molar-refractivity contribution < 1.29 is 19.1 Å². The largest absolute Gasteiger partial charge is 0.462 e. The maximum Gasteiger partial charge on any atom is 0.338 e. The summed E-state index contributed by atoms with van der Waals surface area (Å²) in [5, 5.41) is 0. The lowest BCUT2D eigenvalue weighted by molar-refractivity contribution is 0.0517. The molecule has 1 fully saturated rings. The van der Waals surface area contributed by atoms with E-state index in [2.05, 4.69) is 27.7 Å². The zero-order valence-corrected chi connectivity index (χ0v) is 19.6. The molecule has 0 aromatic heterocycles. The number of carbonyl (C=O) groups excluding carboxylic acids is 2. The maximum absolute atomic E-state index is 11.9. The number of hydrogen-bond donors (Lipinski definition) is 0. The number of benzene rings is 2. The van der Waals surface area contributed by atoms with E-state index in [4.69, 9.17) is 19.5 Å². The summed E-state index contributed by atoms with van der Waals surface area (Å²) in [5.41, 5.74) is 4.00. The SMILES string of the molecule is CCOC(=O)c1ccc(N=C2C(C)(C)C(=Nc3ccc(C(=O)OCC)cc3)C2(C)C)cc1. The molecule has 6 heteroatoms. The maximum atomic E-state index is 11.9. The van der Waals surface area contributed by atoms with Gasteiger partial charge in [-0.2, -0.15) is 0 Å². The Balaban J connectivity index is 1.84. The van der Waals surface area contributed by atoms with E-state index >= 15 is 0 Å². The molecular formula is C26H30N2O4. The minimum Gasteiger partial charge on any atom is -0.462 e. The van der Waals surface area contributed by atoms with E-state index < -0.39 is 0 Å². The molecular weight excluding hydrogens is 404 g/mol. The number of hydrogen-bond acceptors (Lipinski definition) is 6. The molecule has 1 aliphatic rings. The number of carbonyl (C=O) groups is 2.